The van der Waals surface area contributed by atoms with Crippen LogP contribution in [0.2, 0.25) is 0 Å². The molecule has 0 bridgehead atoms. The molecule has 1 heterocycles. The van der Waals surface area contributed by atoms with E-state index in [4.69, 9.17) is 5.73 Å². The Labute approximate surface area is 88.7 Å². The number of nitrogens with two attached hydrogens (primary N) is 1. The van der Waals surface area contributed by atoms with Crippen molar-refractivity contribution in [3.05, 3.63) is 5.82 Å². The smallest absolute Gasteiger partial charge is 0.224 e. The zero-order valence-electron chi connectivity index (χ0n) is 8.82. The molecule has 1 aromatic heterocycles. The first-order chi connectivity index (χ1) is 6.61. The highest BCUT2D eigenvalue weighted by Gasteiger charge is 2.04. The maximum atomic E-state index is 5.57. The van der Waals surface area contributed by atoms with Gasteiger partial charge in [-0.05, 0) is 18.6 Å². The minimum Gasteiger partial charge on any atom is -0.368 e. The predicted molar refractivity (Wildman–Crippen MR) is 59.2 cm³/mol. The summed E-state index contributed by atoms with van der Waals surface area (Å²) in [5, 5.41) is 0.705. The van der Waals surface area contributed by atoms with Crippen molar-refractivity contribution < 1.29 is 0 Å². The van der Waals surface area contributed by atoms with E-state index in [2.05, 4.69) is 28.8 Å². The summed E-state index contributed by atoms with van der Waals surface area (Å²) in [4.78, 5) is 12.4. The summed E-state index contributed by atoms with van der Waals surface area (Å²) in [7, 11) is 0. The van der Waals surface area contributed by atoms with E-state index >= 15 is 0 Å². The number of hydrogen-bond donors (Lipinski definition) is 1. The number of thioether (sulfide) groups is 1. The topological polar surface area (TPSA) is 64.7 Å². The third-order valence-electron chi connectivity index (χ3n) is 1.81. The second-order valence-corrected chi connectivity index (χ2v) is 4.30. The maximum absolute atomic E-state index is 5.57. The minimum atomic E-state index is 0.322. The van der Waals surface area contributed by atoms with Crippen LogP contribution in [0.3, 0.4) is 0 Å². The van der Waals surface area contributed by atoms with Gasteiger partial charge in [0.15, 0.2) is 5.16 Å². The SMILES string of the molecule is CSc1nc(N)nc(CCC(C)C)n1. The molecule has 14 heavy (non-hydrogen) atoms. The molecule has 0 amide bonds. The average molecular weight is 212 g/mol. The van der Waals surface area contributed by atoms with Crippen molar-refractivity contribution in [3.8, 4) is 0 Å². The Morgan fingerprint density at radius 1 is 1.29 bits per heavy atom. The molecule has 78 valence electrons. The van der Waals surface area contributed by atoms with Gasteiger partial charge < -0.3 is 5.73 Å². The van der Waals surface area contributed by atoms with E-state index in [1.54, 1.807) is 0 Å². The van der Waals surface area contributed by atoms with Gasteiger partial charge in [-0.1, -0.05) is 25.6 Å². The Kier molecular flexibility index (Phi) is 4.13. The van der Waals surface area contributed by atoms with Crippen LogP contribution in [-0.2, 0) is 6.42 Å². The zero-order valence-corrected chi connectivity index (χ0v) is 9.64. The lowest BCUT2D eigenvalue weighted by atomic mass is 10.1. The third-order valence-corrected chi connectivity index (χ3v) is 2.35. The van der Waals surface area contributed by atoms with Gasteiger partial charge in [0, 0.05) is 6.42 Å². The molecule has 0 unspecified atom stereocenters. The molecule has 0 spiro atoms. The Hall–Kier alpha value is -0.840. The van der Waals surface area contributed by atoms with Crippen LogP contribution in [-0.4, -0.2) is 21.2 Å². The Morgan fingerprint density at radius 3 is 2.57 bits per heavy atom. The summed E-state index contributed by atoms with van der Waals surface area (Å²) in [6.07, 6.45) is 3.89. The standard InChI is InChI=1S/C9H16N4S/c1-6(2)4-5-7-11-8(10)13-9(12-7)14-3/h6H,4-5H2,1-3H3,(H2,10,11,12,13). The third kappa shape index (κ3) is 3.49. The molecular formula is C9H16N4S. The highest BCUT2D eigenvalue weighted by Crippen LogP contribution is 2.11. The van der Waals surface area contributed by atoms with Crippen LogP contribution >= 0.6 is 11.8 Å². The van der Waals surface area contributed by atoms with Gasteiger partial charge in [-0.2, -0.15) is 9.97 Å². The van der Waals surface area contributed by atoms with Gasteiger partial charge in [-0.15, -0.1) is 0 Å². The lowest BCUT2D eigenvalue weighted by Gasteiger charge is -2.04. The van der Waals surface area contributed by atoms with E-state index in [1.807, 2.05) is 6.26 Å². The first-order valence-corrected chi connectivity index (χ1v) is 5.88. The molecular weight excluding hydrogens is 196 g/mol. The summed E-state index contributed by atoms with van der Waals surface area (Å²) in [6.45, 7) is 4.36. The molecule has 0 aliphatic carbocycles. The van der Waals surface area contributed by atoms with Crippen LogP contribution in [0, 0.1) is 5.92 Å². The molecule has 5 heteroatoms. The number of nitrogen functional groups attached to an aromatic ring is 1. The van der Waals surface area contributed by atoms with Gasteiger partial charge in [0.25, 0.3) is 0 Å². The van der Waals surface area contributed by atoms with Crippen molar-refractivity contribution in [1.29, 1.82) is 0 Å². The molecule has 0 radical (unpaired) electrons. The number of nitrogens with zero attached hydrogens (tertiary/aromatic N) is 3. The summed E-state index contributed by atoms with van der Waals surface area (Å²) >= 11 is 1.49. The summed E-state index contributed by atoms with van der Waals surface area (Å²) in [5.74, 6) is 1.78. The van der Waals surface area contributed by atoms with Crippen molar-refractivity contribution in [3.63, 3.8) is 0 Å². The number of rotatable bonds is 4. The van der Waals surface area contributed by atoms with Crippen molar-refractivity contribution in [2.45, 2.75) is 31.8 Å². The van der Waals surface area contributed by atoms with Crippen molar-refractivity contribution >= 4 is 17.7 Å². The number of aryl methyl sites for hydroxylation is 1. The van der Waals surface area contributed by atoms with Gasteiger partial charge in [-0.25, -0.2) is 4.98 Å². The Morgan fingerprint density at radius 2 is 2.00 bits per heavy atom. The molecule has 2 N–H and O–H groups in total. The molecule has 0 saturated heterocycles. The molecule has 0 aliphatic rings. The van der Waals surface area contributed by atoms with Crippen LogP contribution in [0.4, 0.5) is 5.95 Å². The Balaban J connectivity index is 2.71. The van der Waals surface area contributed by atoms with Gasteiger partial charge in [0.1, 0.15) is 5.82 Å². The maximum Gasteiger partial charge on any atom is 0.224 e. The van der Waals surface area contributed by atoms with Gasteiger partial charge in [0.05, 0.1) is 0 Å². The van der Waals surface area contributed by atoms with Crippen LogP contribution < -0.4 is 5.73 Å². The van der Waals surface area contributed by atoms with Crippen LogP contribution in [0.1, 0.15) is 26.1 Å². The number of anilines is 1. The van der Waals surface area contributed by atoms with Crippen LogP contribution in [0.15, 0.2) is 5.16 Å². The lowest BCUT2D eigenvalue weighted by molar-refractivity contribution is 0.570. The van der Waals surface area contributed by atoms with Crippen LogP contribution in [0.5, 0.6) is 0 Å². The van der Waals surface area contributed by atoms with Gasteiger partial charge in [0.2, 0.25) is 5.95 Å². The quantitative estimate of drug-likeness (QED) is 0.770. The summed E-state index contributed by atoms with van der Waals surface area (Å²) < 4.78 is 0. The molecule has 1 aromatic rings. The number of aromatic nitrogens is 3. The minimum absolute atomic E-state index is 0.322. The second-order valence-electron chi connectivity index (χ2n) is 3.53. The summed E-state index contributed by atoms with van der Waals surface area (Å²) in [6, 6.07) is 0. The first-order valence-electron chi connectivity index (χ1n) is 4.66. The Bertz CT molecular complexity index is 301. The van der Waals surface area contributed by atoms with Crippen molar-refractivity contribution in [1.82, 2.24) is 15.0 Å². The van der Waals surface area contributed by atoms with E-state index in [0.717, 1.165) is 18.7 Å². The second kappa shape index (κ2) is 5.14. The molecule has 0 saturated carbocycles. The van der Waals surface area contributed by atoms with E-state index in [9.17, 15) is 0 Å². The van der Waals surface area contributed by atoms with Crippen molar-refractivity contribution in [2.24, 2.45) is 5.92 Å². The van der Waals surface area contributed by atoms with Gasteiger partial charge >= 0.3 is 0 Å². The molecule has 4 nitrogen and oxygen atoms in total. The molecule has 0 atom stereocenters. The molecule has 0 aromatic carbocycles. The van der Waals surface area contributed by atoms with Crippen LogP contribution in [0.25, 0.3) is 0 Å². The fraction of sp³-hybridized carbons (Fsp3) is 0.667. The highest BCUT2D eigenvalue weighted by molar-refractivity contribution is 7.98. The fourth-order valence-electron chi connectivity index (χ4n) is 1.04. The first kappa shape index (κ1) is 11.2. The average Bonchev–Trinajstić information content (AvgIpc) is 2.14. The highest BCUT2D eigenvalue weighted by atomic mass is 32.2. The zero-order chi connectivity index (χ0) is 10.6. The largest absolute Gasteiger partial charge is 0.368 e. The molecule has 0 aliphatic heterocycles. The van der Waals surface area contributed by atoms with E-state index in [1.165, 1.54) is 11.8 Å². The van der Waals surface area contributed by atoms with E-state index in [0.29, 0.717) is 17.0 Å². The monoisotopic (exact) mass is 212 g/mol. The molecule has 0 fully saturated rings. The normalized spacial score (nSPS) is 10.9. The number of hydrogen-bond acceptors (Lipinski definition) is 5. The van der Waals surface area contributed by atoms with E-state index < -0.39 is 0 Å². The van der Waals surface area contributed by atoms with Crippen molar-refractivity contribution in [2.75, 3.05) is 12.0 Å². The van der Waals surface area contributed by atoms with Gasteiger partial charge in [-0.3, -0.25) is 0 Å². The summed E-state index contributed by atoms with van der Waals surface area (Å²) in [5.41, 5.74) is 5.57. The predicted octanol–water partition coefficient (Wildman–Crippen LogP) is 1.76. The lowest BCUT2D eigenvalue weighted by Crippen LogP contribution is -2.05. The fourth-order valence-corrected chi connectivity index (χ4v) is 1.42. The molecule has 1 rings (SSSR count). The van der Waals surface area contributed by atoms with E-state index in [-0.39, 0.29) is 0 Å².